The van der Waals surface area contributed by atoms with Gasteiger partial charge >= 0.3 is 0 Å². The molecule has 0 aliphatic heterocycles. The van der Waals surface area contributed by atoms with Gasteiger partial charge in [0, 0.05) is 10.2 Å². The van der Waals surface area contributed by atoms with Crippen LogP contribution in [0.25, 0.3) is 0 Å². The molecule has 1 unspecified atom stereocenters. The van der Waals surface area contributed by atoms with Gasteiger partial charge in [0.05, 0.1) is 6.10 Å². The Kier molecular flexibility index (Phi) is 3.55. The quantitative estimate of drug-likeness (QED) is 0.798. The van der Waals surface area contributed by atoms with Crippen LogP contribution < -0.4 is 0 Å². The standard InChI is InChI=1S/C8H11BrOS/c1-2-6-3-4-11-8(6)7(10)5-9/h3-4,7,10H,2,5H2,1H3. The number of rotatable bonds is 3. The molecule has 0 amide bonds. The summed E-state index contributed by atoms with van der Waals surface area (Å²) < 4.78 is 0. The fourth-order valence-electron chi connectivity index (χ4n) is 1.00. The summed E-state index contributed by atoms with van der Waals surface area (Å²) in [7, 11) is 0. The lowest BCUT2D eigenvalue weighted by atomic mass is 10.1. The van der Waals surface area contributed by atoms with Crippen molar-refractivity contribution in [2.75, 3.05) is 5.33 Å². The van der Waals surface area contributed by atoms with Crippen LogP contribution in [0, 0.1) is 0 Å². The monoisotopic (exact) mass is 234 g/mol. The van der Waals surface area contributed by atoms with E-state index in [2.05, 4.69) is 28.9 Å². The predicted octanol–water partition coefficient (Wildman–Crippen LogP) is 2.74. The first-order valence-electron chi connectivity index (χ1n) is 3.59. The smallest absolute Gasteiger partial charge is 0.0981 e. The van der Waals surface area contributed by atoms with Gasteiger partial charge in [-0.15, -0.1) is 11.3 Å². The fourth-order valence-corrected chi connectivity index (χ4v) is 2.52. The van der Waals surface area contributed by atoms with Crippen LogP contribution in [0.5, 0.6) is 0 Å². The molecule has 1 aromatic rings. The maximum absolute atomic E-state index is 9.49. The lowest BCUT2D eigenvalue weighted by Gasteiger charge is -2.05. The third kappa shape index (κ3) is 2.04. The Balaban J connectivity index is 2.83. The first-order valence-corrected chi connectivity index (χ1v) is 5.60. The minimum absolute atomic E-state index is 0.329. The number of aliphatic hydroxyl groups excluding tert-OH is 1. The average Bonchev–Trinajstić information content (AvgIpc) is 2.50. The van der Waals surface area contributed by atoms with E-state index in [0.717, 1.165) is 11.3 Å². The molecule has 0 aliphatic rings. The van der Waals surface area contributed by atoms with Crippen LogP contribution in [0.2, 0.25) is 0 Å². The molecule has 3 heteroatoms. The highest BCUT2D eigenvalue weighted by Gasteiger charge is 2.10. The van der Waals surface area contributed by atoms with Crippen molar-refractivity contribution in [1.29, 1.82) is 0 Å². The molecule has 0 spiro atoms. The van der Waals surface area contributed by atoms with Crippen LogP contribution in [0.1, 0.15) is 23.5 Å². The summed E-state index contributed by atoms with van der Waals surface area (Å²) in [5.41, 5.74) is 1.27. The summed E-state index contributed by atoms with van der Waals surface area (Å²) in [5, 5.41) is 12.1. The van der Waals surface area contributed by atoms with Crippen LogP contribution >= 0.6 is 27.3 Å². The first-order chi connectivity index (χ1) is 5.29. The molecule has 0 aromatic carbocycles. The molecule has 1 nitrogen and oxygen atoms in total. The molecular weight excluding hydrogens is 224 g/mol. The lowest BCUT2D eigenvalue weighted by Crippen LogP contribution is -1.97. The van der Waals surface area contributed by atoms with Gasteiger partial charge in [-0.2, -0.15) is 0 Å². The van der Waals surface area contributed by atoms with Gasteiger partial charge in [0.2, 0.25) is 0 Å². The summed E-state index contributed by atoms with van der Waals surface area (Å²) in [5.74, 6) is 0. The van der Waals surface area contributed by atoms with Gasteiger partial charge in [-0.25, -0.2) is 0 Å². The van der Waals surface area contributed by atoms with Crippen molar-refractivity contribution in [3.63, 3.8) is 0 Å². The van der Waals surface area contributed by atoms with Crippen molar-refractivity contribution < 1.29 is 5.11 Å². The van der Waals surface area contributed by atoms with Gasteiger partial charge in [0.25, 0.3) is 0 Å². The predicted molar refractivity (Wildman–Crippen MR) is 52.5 cm³/mol. The highest BCUT2D eigenvalue weighted by atomic mass is 79.9. The van der Waals surface area contributed by atoms with E-state index in [9.17, 15) is 5.11 Å². The van der Waals surface area contributed by atoms with E-state index in [1.807, 2.05) is 5.38 Å². The Morgan fingerprint density at radius 3 is 3.00 bits per heavy atom. The number of aryl methyl sites for hydroxylation is 1. The van der Waals surface area contributed by atoms with Crippen LogP contribution in [-0.4, -0.2) is 10.4 Å². The minimum Gasteiger partial charge on any atom is -0.387 e. The third-order valence-corrected chi connectivity index (χ3v) is 3.28. The Bertz CT molecular complexity index is 222. The molecule has 1 heterocycles. The zero-order valence-corrected chi connectivity index (χ0v) is 8.78. The molecule has 0 fully saturated rings. The maximum Gasteiger partial charge on any atom is 0.0981 e. The normalized spacial score (nSPS) is 13.4. The number of thiophene rings is 1. The largest absolute Gasteiger partial charge is 0.387 e. The van der Waals surface area contributed by atoms with Crippen molar-refractivity contribution in [3.05, 3.63) is 21.9 Å². The summed E-state index contributed by atoms with van der Waals surface area (Å²) >= 11 is 4.88. The Morgan fingerprint density at radius 1 is 1.73 bits per heavy atom. The zero-order chi connectivity index (χ0) is 8.27. The maximum atomic E-state index is 9.49. The molecule has 0 saturated heterocycles. The number of hydrogen-bond acceptors (Lipinski definition) is 2. The highest BCUT2D eigenvalue weighted by molar-refractivity contribution is 9.09. The van der Waals surface area contributed by atoms with Crippen LogP contribution in [0.15, 0.2) is 11.4 Å². The van der Waals surface area contributed by atoms with Gasteiger partial charge < -0.3 is 5.11 Å². The number of alkyl halides is 1. The molecule has 0 radical (unpaired) electrons. The Morgan fingerprint density at radius 2 is 2.45 bits per heavy atom. The molecule has 0 saturated carbocycles. The summed E-state index contributed by atoms with van der Waals surface area (Å²) in [4.78, 5) is 1.10. The molecule has 11 heavy (non-hydrogen) atoms. The third-order valence-electron chi connectivity index (χ3n) is 1.61. The second kappa shape index (κ2) is 4.24. The summed E-state index contributed by atoms with van der Waals surface area (Å²) in [6.45, 7) is 2.10. The van der Waals surface area contributed by atoms with Crippen molar-refractivity contribution in [3.8, 4) is 0 Å². The van der Waals surface area contributed by atoms with Crippen LogP contribution in [0.4, 0.5) is 0 Å². The van der Waals surface area contributed by atoms with Crippen molar-refractivity contribution in [1.82, 2.24) is 0 Å². The van der Waals surface area contributed by atoms with Crippen molar-refractivity contribution >= 4 is 27.3 Å². The Hall–Kier alpha value is 0.140. The number of hydrogen-bond donors (Lipinski definition) is 1. The molecular formula is C8H11BrOS. The number of aliphatic hydroxyl groups is 1. The van der Waals surface area contributed by atoms with Gasteiger partial charge in [-0.05, 0) is 23.4 Å². The molecule has 1 atom stereocenters. The second-order valence-electron chi connectivity index (χ2n) is 2.33. The molecule has 1 N–H and O–H groups in total. The highest BCUT2D eigenvalue weighted by Crippen LogP contribution is 2.25. The van der Waals surface area contributed by atoms with E-state index >= 15 is 0 Å². The molecule has 0 aliphatic carbocycles. The van der Waals surface area contributed by atoms with Crippen molar-refractivity contribution in [2.24, 2.45) is 0 Å². The molecule has 1 rings (SSSR count). The van der Waals surface area contributed by atoms with Crippen LogP contribution in [-0.2, 0) is 6.42 Å². The number of halogens is 1. The van der Waals surface area contributed by atoms with Gasteiger partial charge in [0.1, 0.15) is 0 Å². The van der Waals surface area contributed by atoms with E-state index < -0.39 is 0 Å². The SMILES string of the molecule is CCc1ccsc1C(O)CBr. The van der Waals surface area contributed by atoms with E-state index in [-0.39, 0.29) is 6.10 Å². The lowest BCUT2D eigenvalue weighted by molar-refractivity contribution is 0.208. The topological polar surface area (TPSA) is 20.2 Å². The molecule has 62 valence electrons. The second-order valence-corrected chi connectivity index (χ2v) is 3.93. The van der Waals surface area contributed by atoms with E-state index in [1.165, 1.54) is 5.56 Å². The average molecular weight is 235 g/mol. The van der Waals surface area contributed by atoms with Gasteiger partial charge in [0.15, 0.2) is 0 Å². The minimum atomic E-state index is -0.329. The first kappa shape index (κ1) is 9.23. The zero-order valence-electron chi connectivity index (χ0n) is 6.38. The molecule has 0 bridgehead atoms. The fraction of sp³-hybridized carbons (Fsp3) is 0.500. The Labute approximate surface area is 79.2 Å². The molecule has 1 aromatic heterocycles. The summed E-state index contributed by atoms with van der Waals surface area (Å²) in [6, 6.07) is 2.08. The van der Waals surface area contributed by atoms with E-state index in [1.54, 1.807) is 11.3 Å². The van der Waals surface area contributed by atoms with E-state index in [4.69, 9.17) is 0 Å². The van der Waals surface area contributed by atoms with E-state index in [0.29, 0.717) is 5.33 Å². The van der Waals surface area contributed by atoms with Crippen molar-refractivity contribution in [2.45, 2.75) is 19.4 Å². The van der Waals surface area contributed by atoms with Crippen LogP contribution in [0.3, 0.4) is 0 Å². The van der Waals surface area contributed by atoms with Gasteiger partial charge in [-0.3, -0.25) is 0 Å². The van der Waals surface area contributed by atoms with Gasteiger partial charge in [-0.1, -0.05) is 22.9 Å². The summed E-state index contributed by atoms with van der Waals surface area (Å²) in [6.07, 6.45) is 0.674.